The molecular weight excluding hydrogens is 392 g/mol. The second-order valence-corrected chi connectivity index (χ2v) is 8.86. The maximum absolute atomic E-state index is 12.2. The normalized spacial score (nSPS) is 27.9. The zero-order valence-corrected chi connectivity index (χ0v) is 18.0. The molecule has 4 heterocycles. The average molecular weight is 420 g/mol. The van der Waals surface area contributed by atoms with E-state index in [1.165, 1.54) is 6.33 Å². The molecule has 2 fully saturated rings. The maximum Gasteiger partial charge on any atom is 0.413 e. The Hall–Kier alpha value is -2.34. The molecule has 2 aromatic rings. The topological polar surface area (TPSA) is 122 Å². The van der Waals surface area contributed by atoms with Crippen LogP contribution in [-0.4, -0.2) is 68.9 Å². The largest absolute Gasteiger partial charge is 0.444 e. The number of carbonyl (C=O) groups is 1. The molecule has 11 nitrogen and oxygen atoms in total. The molecular formula is C19H28N6O5. The van der Waals surface area contributed by atoms with E-state index < -0.39 is 23.7 Å². The fourth-order valence-electron chi connectivity index (χ4n) is 3.78. The first kappa shape index (κ1) is 20.9. The summed E-state index contributed by atoms with van der Waals surface area (Å²) in [5, 5.41) is 5.77. The number of imidazole rings is 1. The number of likely N-dealkylation sites (N-methyl/N-ethyl adjacent to an activating group) is 1. The van der Waals surface area contributed by atoms with E-state index >= 15 is 0 Å². The Balaban J connectivity index is 1.63. The lowest BCUT2D eigenvalue weighted by atomic mass is 10.1. The lowest BCUT2D eigenvalue weighted by Gasteiger charge is -2.24. The minimum absolute atomic E-state index is 0.189. The quantitative estimate of drug-likeness (QED) is 0.762. The van der Waals surface area contributed by atoms with Gasteiger partial charge in [0.05, 0.1) is 6.33 Å². The number of carbonyl (C=O) groups excluding carboxylic acids is 1. The molecule has 0 spiro atoms. The van der Waals surface area contributed by atoms with E-state index in [1.54, 1.807) is 31.7 Å². The Labute approximate surface area is 174 Å². The molecule has 4 atom stereocenters. The van der Waals surface area contributed by atoms with Gasteiger partial charge in [-0.05, 0) is 41.7 Å². The van der Waals surface area contributed by atoms with E-state index in [1.807, 2.05) is 20.9 Å². The predicted molar refractivity (Wildman–Crippen MR) is 107 cm³/mol. The first-order chi connectivity index (χ1) is 14.1. The number of ether oxygens (including phenoxy) is 4. The van der Waals surface area contributed by atoms with Crippen LogP contribution in [0.25, 0.3) is 11.2 Å². The smallest absolute Gasteiger partial charge is 0.413 e. The minimum Gasteiger partial charge on any atom is -0.444 e. The molecule has 11 heteroatoms. The highest BCUT2D eigenvalue weighted by Gasteiger charge is 2.55. The van der Waals surface area contributed by atoms with E-state index in [2.05, 4.69) is 25.6 Å². The third-order valence-electron chi connectivity index (χ3n) is 4.78. The summed E-state index contributed by atoms with van der Waals surface area (Å²) in [6, 6.07) is 0. The summed E-state index contributed by atoms with van der Waals surface area (Å²) in [6.45, 7) is 9.75. The summed E-state index contributed by atoms with van der Waals surface area (Å²) in [5.74, 6) is -0.448. The number of hydrogen-bond acceptors (Lipinski definition) is 9. The number of nitrogens with zero attached hydrogens (tertiary/aromatic N) is 4. The van der Waals surface area contributed by atoms with Crippen molar-refractivity contribution in [1.29, 1.82) is 0 Å². The van der Waals surface area contributed by atoms with Crippen molar-refractivity contribution in [1.82, 2.24) is 24.8 Å². The van der Waals surface area contributed by atoms with Crippen LogP contribution in [0.15, 0.2) is 12.7 Å². The molecule has 4 rings (SSSR count). The highest BCUT2D eigenvalue weighted by molar-refractivity contribution is 5.93. The Kier molecular flexibility index (Phi) is 5.17. The Bertz CT molecular complexity index is 939. The molecule has 164 valence electrons. The van der Waals surface area contributed by atoms with Gasteiger partial charge < -0.3 is 24.3 Å². The number of aromatic nitrogens is 4. The van der Waals surface area contributed by atoms with Crippen molar-refractivity contribution in [3.63, 3.8) is 0 Å². The molecule has 0 aliphatic carbocycles. The fourth-order valence-corrected chi connectivity index (χ4v) is 3.78. The zero-order chi connectivity index (χ0) is 21.7. The molecule has 0 aromatic carbocycles. The highest BCUT2D eigenvalue weighted by atomic mass is 16.8. The first-order valence-corrected chi connectivity index (χ1v) is 9.91. The van der Waals surface area contributed by atoms with Gasteiger partial charge in [-0.1, -0.05) is 0 Å². The molecule has 0 bridgehead atoms. The molecule has 2 aromatic heterocycles. The number of nitrogens with one attached hydrogen (secondary N) is 2. The molecule has 2 saturated heterocycles. The second-order valence-electron chi connectivity index (χ2n) is 8.86. The molecule has 0 saturated carbocycles. The molecule has 1 amide bonds. The summed E-state index contributed by atoms with van der Waals surface area (Å²) < 4.78 is 25.5. The van der Waals surface area contributed by atoms with Crippen molar-refractivity contribution >= 4 is 23.1 Å². The Morgan fingerprint density at radius 3 is 2.67 bits per heavy atom. The number of hydrogen-bond donors (Lipinski definition) is 2. The molecule has 2 aliphatic rings. The van der Waals surface area contributed by atoms with Gasteiger partial charge in [0, 0.05) is 6.54 Å². The highest BCUT2D eigenvalue weighted by Crippen LogP contribution is 2.43. The average Bonchev–Trinajstić information content (AvgIpc) is 3.26. The lowest BCUT2D eigenvalue weighted by molar-refractivity contribution is -0.195. The van der Waals surface area contributed by atoms with Gasteiger partial charge in [0.15, 0.2) is 29.0 Å². The van der Waals surface area contributed by atoms with Gasteiger partial charge in [-0.2, -0.15) is 0 Å². The van der Waals surface area contributed by atoms with Crippen LogP contribution in [0.1, 0.15) is 40.8 Å². The van der Waals surface area contributed by atoms with E-state index in [0.717, 1.165) is 0 Å². The standard InChI is InChI=1S/C19H28N6O5/c1-18(2,3)30-17(26)24-14-11-15(22-8-21-14)25(9-23-11)16-13-12(10(27-16)7-20-6)28-19(4,5)29-13/h8-10,12-13,16,20H,7H2,1-6H3,(H,21,22,24,26)/t10-,12-,13-,16-/m1/s1. The monoisotopic (exact) mass is 420 g/mol. The molecule has 2 aliphatic heterocycles. The van der Waals surface area contributed by atoms with Gasteiger partial charge in [0.25, 0.3) is 0 Å². The molecule has 0 radical (unpaired) electrons. The third-order valence-corrected chi connectivity index (χ3v) is 4.78. The van der Waals surface area contributed by atoms with Crippen LogP contribution in [0.2, 0.25) is 0 Å². The molecule has 2 N–H and O–H groups in total. The molecule has 30 heavy (non-hydrogen) atoms. The van der Waals surface area contributed by atoms with Gasteiger partial charge in [-0.3, -0.25) is 9.88 Å². The Morgan fingerprint density at radius 1 is 1.23 bits per heavy atom. The van der Waals surface area contributed by atoms with Gasteiger partial charge in [0.2, 0.25) is 0 Å². The molecule has 0 unspecified atom stereocenters. The summed E-state index contributed by atoms with van der Waals surface area (Å²) in [4.78, 5) is 25.1. The van der Waals surface area contributed by atoms with E-state index in [-0.39, 0.29) is 24.1 Å². The van der Waals surface area contributed by atoms with Gasteiger partial charge in [0.1, 0.15) is 30.2 Å². The van der Waals surface area contributed by atoms with E-state index in [9.17, 15) is 4.79 Å². The number of anilines is 1. The lowest BCUT2D eigenvalue weighted by Crippen LogP contribution is -2.36. The van der Waals surface area contributed by atoms with Crippen LogP contribution in [0.4, 0.5) is 10.6 Å². The zero-order valence-electron chi connectivity index (χ0n) is 18.0. The van der Waals surface area contributed by atoms with Crippen LogP contribution < -0.4 is 10.6 Å². The van der Waals surface area contributed by atoms with Crippen molar-refractivity contribution in [2.75, 3.05) is 18.9 Å². The van der Waals surface area contributed by atoms with Crippen LogP contribution in [0.3, 0.4) is 0 Å². The summed E-state index contributed by atoms with van der Waals surface area (Å²) in [5.41, 5.74) is 0.314. The van der Waals surface area contributed by atoms with Crippen LogP contribution in [0, 0.1) is 0 Å². The van der Waals surface area contributed by atoms with Crippen molar-refractivity contribution in [2.45, 2.75) is 70.5 Å². The maximum atomic E-state index is 12.2. The van der Waals surface area contributed by atoms with Gasteiger partial charge >= 0.3 is 6.09 Å². The Morgan fingerprint density at radius 2 is 1.97 bits per heavy atom. The second kappa shape index (κ2) is 7.41. The number of amides is 1. The fraction of sp³-hybridized carbons (Fsp3) is 0.684. The predicted octanol–water partition coefficient (Wildman–Crippen LogP) is 1.81. The SMILES string of the molecule is CNC[C@H]1O[C@@H](n2cnc3c(NC(=O)OC(C)(C)C)ncnc32)[C@@H]2OC(C)(C)O[C@@H]21. The first-order valence-electron chi connectivity index (χ1n) is 9.91. The summed E-state index contributed by atoms with van der Waals surface area (Å²) >= 11 is 0. The van der Waals surface area contributed by atoms with Crippen LogP contribution in [0.5, 0.6) is 0 Å². The third kappa shape index (κ3) is 3.97. The summed E-state index contributed by atoms with van der Waals surface area (Å²) in [7, 11) is 1.86. The van der Waals surface area contributed by atoms with E-state index in [4.69, 9.17) is 18.9 Å². The van der Waals surface area contributed by atoms with Crippen LogP contribution in [-0.2, 0) is 18.9 Å². The van der Waals surface area contributed by atoms with Crippen molar-refractivity contribution in [3.8, 4) is 0 Å². The van der Waals surface area contributed by atoms with E-state index in [0.29, 0.717) is 17.7 Å². The summed E-state index contributed by atoms with van der Waals surface area (Å²) in [6.07, 6.45) is 1.13. The van der Waals surface area contributed by atoms with Gasteiger partial charge in [-0.25, -0.2) is 19.7 Å². The van der Waals surface area contributed by atoms with Gasteiger partial charge in [-0.15, -0.1) is 0 Å². The van der Waals surface area contributed by atoms with Crippen molar-refractivity contribution < 1.29 is 23.7 Å². The van der Waals surface area contributed by atoms with Crippen LogP contribution >= 0.6 is 0 Å². The van der Waals surface area contributed by atoms with Crippen molar-refractivity contribution in [2.24, 2.45) is 0 Å². The number of rotatable bonds is 4. The number of fused-ring (bicyclic) bond motifs is 2. The minimum atomic E-state index is -0.710. The van der Waals surface area contributed by atoms with Crippen molar-refractivity contribution in [3.05, 3.63) is 12.7 Å².